The first-order chi connectivity index (χ1) is 9.38. The lowest BCUT2D eigenvalue weighted by Gasteiger charge is -2.33. The van der Waals surface area contributed by atoms with Gasteiger partial charge in [-0.05, 0) is 40.9 Å². The van der Waals surface area contributed by atoms with E-state index in [2.05, 4.69) is 26.2 Å². The van der Waals surface area contributed by atoms with Gasteiger partial charge in [0.15, 0.2) is 0 Å². The van der Waals surface area contributed by atoms with Crippen molar-refractivity contribution in [2.75, 3.05) is 0 Å². The average Bonchev–Trinajstić information content (AvgIpc) is 2.38. The molecule has 1 aliphatic carbocycles. The van der Waals surface area contributed by atoms with Crippen molar-refractivity contribution in [3.05, 3.63) is 28.5 Å². The zero-order valence-corrected chi connectivity index (χ0v) is 12.2. The van der Waals surface area contributed by atoms with Crippen LogP contribution < -0.4 is 5.32 Å². The number of amides is 1. The molecular formula is C13H14BrF3N2O. The summed E-state index contributed by atoms with van der Waals surface area (Å²) in [5, 5.41) is 2.47. The average molecular weight is 351 g/mol. The summed E-state index contributed by atoms with van der Waals surface area (Å²) in [5.74, 6) is -2.02. The van der Waals surface area contributed by atoms with Gasteiger partial charge in [0.1, 0.15) is 5.69 Å². The van der Waals surface area contributed by atoms with E-state index >= 15 is 0 Å². The first-order valence-corrected chi connectivity index (χ1v) is 7.16. The molecule has 0 saturated heterocycles. The third kappa shape index (κ3) is 3.71. The van der Waals surface area contributed by atoms with Gasteiger partial charge >= 0.3 is 6.18 Å². The molecule has 2 rings (SSSR count). The fourth-order valence-electron chi connectivity index (χ4n) is 2.45. The van der Waals surface area contributed by atoms with Crippen LogP contribution in [0.3, 0.4) is 0 Å². The molecule has 0 aliphatic heterocycles. The second kappa shape index (κ2) is 6.11. The van der Waals surface area contributed by atoms with E-state index in [-0.39, 0.29) is 12.1 Å². The Balaban J connectivity index is 2.07. The highest BCUT2D eigenvalue weighted by Crippen LogP contribution is 2.37. The van der Waals surface area contributed by atoms with Gasteiger partial charge in [-0.1, -0.05) is 12.8 Å². The minimum absolute atomic E-state index is 0.0716. The van der Waals surface area contributed by atoms with Crippen LogP contribution in [0.5, 0.6) is 0 Å². The Morgan fingerprint density at radius 3 is 2.60 bits per heavy atom. The fraction of sp³-hybridized carbons (Fsp3) is 0.538. The number of alkyl halides is 3. The van der Waals surface area contributed by atoms with Gasteiger partial charge in [-0.3, -0.25) is 4.79 Å². The zero-order valence-electron chi connectivity index (χ0n) is 10.6. The summed E-state index contributed by atoms with van der Waals surface area (Å²) < 4.78 is 39.5. The van der Waals surface area contributed by atoms with E-state index in [1.54, 1.807) is 6.07 Å². The van der Waals surface area contributed by atoms with Crippen molar-refractivity contribution in [3.8, 4) is 0 Å². The Hall–Kier alpha value is -1.11. The SMILES string of the molecule is O=C(NC1CCCCC1C(F)(F)F)c1ccc(Br)cn1. The Bertz CT molecular complexity index is 475. The first-order valence-electron chi connectivity index (χ1n) is 6.37. The van der Waals surface area contributed by atoms with Gasteiger partial charge in [-0.15, -0.1) is 0 Å². The van der Waals surface area contributed by atoms with Gasteiger partial charge in [0, 0.05) is 16.7 Å². The highest BCUT2D eigenvalue weighted by atomic mass is 79.9. The van der Waals surface area contributed by atoms with Crippen LogP contribution in [0.1, 0.15) is 36.2 Å². The highest BCUT2D eigenvalue weighted by molar-refractivity contribution is 9.10. The third-order valence-electron chi connectivity index (χ3n) is 3.46. The molecule has 7 heteroatoms. The molecule has 1 saturated carbocycles. The van der Waals surface area contributed by atoms with E-state index < -0.39 is 24.0 Å². The van der Waals surface area contributed by atoms with Crippen molar-refractivity contribution in [2.24, 2.45) is 5.92 Å². The molecule has 0 bridgehead atoms. The Kier molecular flexibility index (Phi) is 4.67. The zero-order chi connectivity index (χ0) is 14.8. The van der Waals surface area contributed by atoms with Crippen LogP contribution in [0.4, 0.5) is 13.2 Å². The Labute approximate surface area is 123 Å². The van der Waals surface area contributed by atoms with E-state index in [0.717, 1.165) is 0 Å². The number of hydrogen-bond donors (Lipinski definition) is 1. The van der Waals surface area contributed by atoms with Crippen molar-refractivity contribution < 1.29 is 18.0 Å². The summed E-state index contributed by atoms with van der Waals surface area (Å²) in [4.78, 5) is 15.8. The largest absolute Gasteiger partial charge is 0.393 e. The lowest BCUT2D eigenvalue weighted by Crippen LogP contribution is -2.47. The van der Waals surface area contributed by atoms with Crippen LogP contribution in [-0.2, 0) is 0 Å². The number of aromatic nitrogens is 1. The quantitative estimate of drug-likeness (QED) is 0.883. The van der Waals surface area contributed by atoms with Crippen molar-refractivity contribution in [2.45, 2.75) is 37.9 Å². The standard InChI is InChI=1S/C13H14BrF3N2O/c14-8-5-6-11(18-7-8)12(20)19-10-4-2-1-3-9(10)13(15,16)17/h5-7,9-10H,1-4H2,(H,19,20). The number of rotatable bonds is 2. The van der Waals surface area contributed by atoms with E-state index in [1.165, 1.54) is 12.3 Å². The molecule has 1 aromatic heterocycles. The van der Waals surface area contributed by atoms with Gasteiger partial charge in [-0.2, -0.15) is 13.2 Å². The number of carbonyl (C=O) groups excluding carboxylic acids is 1. The molecule has 1 aliphatic rings. The van der Waals surface area contributed by atoms with Crippen molar-refractivity contribution >= 4 is 21.8 Å². The highest BCUT2D eigenvalue weighted by Gasteiger charge is 2.46. The number of hydrogen-bond acceptors (Lipinski definition) is 2. The molecular weight excluding hydrogens is 337 g/mol. The lowest BCUT2D eigenvalue weighted by molar-refractivity contribution is -0.187. The van der Waals surface area contributed by atoms with Crippen molar-refractivity contribution in [3.63, 3.8) is 0 Å². The maximum atomic E-state index is 12.9. The summed E-state index contributed by atoms with van der Waals surface area (Å²) in [7, 11) is 0. The molecule has 1 aromatic rings. The molecule has 2 atom stereocenters. The summed E-state index contributed by atoms with van der Waals surface area (Å²) in [6, 6.07) is 2.25. The fourth-order valence-corrected chi connectivity index (χ4v) is 2.68. The van der Waals surface area contributed by atoms with Crippen LogP contribution >= 0.6 is 15.9 Å². The van der Waals surface area contributed by atoms with E-state index in [0.29, 0.717) is 23.7 Å². The maximum absolute atomic E-state index is 12.9. The van der Waals surface area contributed by atoms with E-state index in [1.807, 2.05) is 0 Å². The monoisotopic (exact) mass is 350 g/mol. The number of halogens is 4. The minimum atomic E-state index is -4.27. The summed E-state index contributed by atoms with van der Waals surface area (Å²) in [6.45, 7) is 0. The van der Waals surface area contributed by atoms with Crippen LogP contribution in [-0.4, -0.2) is 23.1 Å². The smallest absolute Gasteiger partial charge is 0.347 e. The second-order valence-corrected chi connectivity index (χ2v) is 5.79. The molecule has 0 radical (unpaired) electrons. The molecule has 1 N–H and O–H groups in total. The second-order valence-electron chi connectivity index (χ2n) is 4.87. The number of carbonyl (C=O) groups is 1. The van der Waals surface area contributed by atoms with Crippen LogP contribution in [0, 0.1) is 5.92 Å². The predicted molar refractivity (Wildman–Crippen MR) is 71.2 cm³/mol. The molecule has 1 fully saturated rings. The molecule has 3 nitrogen and oxygen atoms in total. The van der Waals surface area contributed by atoms with Crippen molar-refractivity contribution in [1.29, 1.82) is 0 Å². The molecule has 0 aromatic carbocycles. The molecule has 2 unspecified atom stereocenters. The van der Waals surface area contributed by atoms with Gasteiger partial charge in [0.2, 0.25) is 0 Å². The molecule has 20 heavy (non-hydrogen) atoms. The molecule has 110 valence electrons. The van der Waals surface area contributed by atoms with Gasteiger partial charge in [0.05, 0.1) is 5.92 Å². The number of nitrogens with one attached hydrogen (secondary N) is 1. The minimum Gasteiger partial charge on any atom is -0.347 e. The van der Waals surface area contributed by atoms with Gasteiger partial charge in [0.25, 0.3) is 5.91 Å². The summed E-state index contributed by atoms with van der Waals surface area (Å²) in [6.07, 6.45) is -1.16. The normalized spacial score (nSPS) is 23.4. The molecule has 1 amide bonds. The summed E-state index contributed by atoms with van der Waals surface area (Å²) in [5.41, 5.74) is 0.125. The topological polar surface area (TPSA) is 42.0 Å². The lowest BCUT2D eigenvalue weighted by atomic mass is 9.84. The number of nitrogens with zero attached hydrogens (tertiary/aromatic N) is 1. The molecule has 0 spiro atoms. The Morgan fingerprint density at radius 1 is 1.30 bits per heavy atom. The molecule has 1 heterocycles. The number of pyridine rings is 1. The van der Waals surface area contributed by atoms with Gasteiger partial charge < -0.3 is 5.32 Å². The van der Waals surface area contributed by atoms with Crippen LogP contribution in [0.15, 0.2) is 22.8 Å². The predicted octanol–water partition coefficient (Wildman–Crippen LogP) is 3.70. The van der Waals surface area contributed by atoms with E-state index in [4.69, 9.17) is 0 Å². The first kappa shape index (κ1) is 15.3. The Morgan fingerprint density at radius 2 is 2.00 bits per heavy atom. The third-order valence-corrected chi connectivity index (χ3v) is 3.93. The summed E-state index contributed by atoms with van der Waals surface area (Å²) >= 11 is 3.19. The van der Waals surface area contributed by atoms with Crippen LogP contribution in [0.2, 0.25) is 0 Å². The van der Waals surface area contributed by atoms with Crippen molar-refractivity contribution in [1.82, 2.24) is 10.3 Å². The van der Waals surface area contributed by atoms with E-state index in [9.17, 15) is 18.0 Å². The maximum Gasteiger partial charge on any atom is 0.393 e. The van der Waals surface area contributed by atoms with Gasteiger partial charge in [-0.25, -0.2) is 4.98 Å². The van der Waals surface area contributed by atoms with Crippen LogP contribution in [0.25, 0.3) is 0 Å².